The minimum atomic E-state index is -0.0774. The quantitative estimate of drug-likeness (QED) is 0.903. The fraction of sp³-hybridized carbons (Fsp3) is 0.600. The molecule has 3 rings (SSSR count). The zero-order valence-electron chi connectivity index (χ0n) is 14.7. The fourth-order valence-electron chi connectivity index (χ4n) is 3.59. The summed E-state index contributed by atoms with van der Waals surface area (Å²) in [6, 6.07) is 10.4. The average molecular weight is 328 g/mol. The van der Waals surface area contributed by atoms with E-state index in [0.29, 0.717) is 12.5 Å². The van der Waals surface area contributed by atoms with Crippen molar-refractivity contribution in [2.24, 2.45) is 17.8 Å². The smallest absolute Gasteiger partial charge is 0.225 e. The zero-order valence-corrected chi connectivity index (χ0v) is 14.7. The molecular formula is C20H28N2O2. The summed E-state index contributed by atoms with van der Waals surface area (Å²) in [6.07, 6.45) is 4.15. The van der Waals surface area contributed by atoms with Gasteiger partial charge in [-0.2, -0.15) is 0 Å². The zero-order chi connectivity index (χ0) is 17.1. The Labute approximate surface area is 144 Å². The lowest BCUT2D eigenvalue weighted by Crippen LogP contribution is -2.47. The molecule has 24 heavy (non-hydrogen) atoms. The monoisotopic (exact) mass is 328 g/mol. The highest BCUT2D eigenvalue weighted by Crippen LogP contribution is 2.41. The Balaban J connectivity index is 1.64. The second-order valence-electron chi connectivity index (χ2n) is 7.51. The number of nitrogens with zero attached hydrogens (tertiary/aromatic N) is 1. The Hall–Kier alpha value is -1.84. The summed E-state index contributed by atoms with van der Waals surface area (Å²) in [7, 11) is 0. The second kappa shape index (κ2) is 7.37. The van der Waals surface area contributed by atoms with E-state index in [9.17, 15) is 9.59 Å². The van der Waals surface area contributed by atoms with Crippen molar-refractivity contribution in [2.45, 2.75) is 45.6 Å². The van der Waals surface area contributed by atoms with Gasteiger partial charge in [0, 0.05) is 19.0 Å². The molecule has 1 saturated carbocycles. The normalized spacial score (nSPS) is 22.3. The van der Waals surface area contributed by atoms with Crippen molar-refractivity contribution >= 4 is 11.8 Å². The summed E-state index contributed by atoms with van der Waals surface area (Å²) >= 11 is 0. The molecule has 1 aromatic carbocycles. The number of carbonyl (C=O) groups is 2. The maximum atomic E-state index is 12.8. The molecule has 0 bridgehead atoms. The van der Waals surface area contributed by atoms with Crippen molar-refractivity contribution < 1.29 is 9.59 Å². The van der Waals surface area contributed by atoms with Crippen molar-refractivity contribution in [2.75, 3.05) is 13.1 Å². The predicted octanol–water partition coefficient (Wildman–Crippen LogP) is 3.15. The number of nitrogens with one attached hydrogen (secondary N) is 1. The molecule has 0 aromatic heterocycles. The van der Waals surface area contributed by atoms with Crippen LogP contribution in [0.5, 0.6) is 0 Å². The Morgan fingerprint density at radius 2 is 1.83 bits per heavy atom. The van der Waals surface area contributed by atoms with Crippen LogP contribution in [0.15, 0.2) is 30.3 Å². The number of likely N-dealkylation sites (tertiary alicyclic amines) is 1. The molecule has 2 aliphatic rings. The van der Waals surface area contributed by atoms with Gasteiger partial charge in [0.1, 0.15) is 0 Å². The number of benzene rings is 1. The van der Waals surface area contributed by atoms with E-state index in [0.717, 1.165) is 19.4 Å². The first-order chi connectivity index (χ1) is 11.6. The largest absolute Gasteiger partial charge is 0.349 e. The molecule has 4 nitrogen and oxygen atoms in total. The first-order valence-corrected chi connectivity index (χ1v) is 9.20. The van der Waals surface area contributed by atoms with Crippen LogP contribution in [0.4, 0.5) is 0 Å². The topological polar surface area (TPSA) is 49.4 Å². The molecule has 1 aromatic rings. The highest BCUT2D eigenvalue weighted by Gasteiger charge is 2.36. The first-order valence-electron chi connectivity index (χ1n) is 9.20. The van der Waals surface area contributed by atoms with E-state index in [-0.39, 0.29) is 29.7 Å². The molecule has 2 atom stereocenters. The molecule has 0 spiro atoms. The molecule has 1 N–H and O–H groups in total. The lowest BCUT2D eigenvalue weighted by atomic mass is 9.94. The fourth-order valence-corrected chi connectivity index (χ4v) is 3.59. The van der Waals surface area contributed by atoms with E-state index in [1.54, 1.807) is 0 Å². The summed E-state index contributed by atoms with van der Waals surface area (Å²) in [5.41, 5.74) is 1.19. The number of hydrogen-bond donors (Lipinski definition) is 1. The van der Waals surface area contributed by atoms with Crippen LogP contribution in [-0.4, -0.2) is 29.8 Å². The van der Waals surface area contributed by atoms with Crippen LogP contribution in [0.25, 0.3) is 0 Å². The molecule has 1 aliphatic carbocycles. The molecule has 0 unspecified atom stereocenters. The maximum Gasteiger partial charge on any atom is 0.225 e. The number of carbonyl (C=O) groups excluding carboxylic acids is 2. The Morgan fingerprint density at radius 1 is 1.12 bits per heavy atom. The minimum Gasteiger partial charge on any atom is -0.349 e. The standard InChI is InChI=1S/C20H28N2O2/c1-14(2)20(24)22-12-6-9-17(13-22)19(23)21-18(16-10-11-16)15-7-4-3-5-8-15/h3-5,7-8,14,16-18H,6,9-13H2,1-2H3,(H,21,23)/t17-,18-/m0/s1. The third kappa shape index (κ3) is 3.97. The minimum absolute atomic E-state index is 0.00431. The van der Waals surface area contributed by atoms with E-state index < -0.39 is 0 Å². The number of hydrogen-bond acceptors (Lipinski definition) is 2. The van der Waals surface area contributed by atoms with Gasteiger partial charge in [-0.15, -0.1) is 0 Å². The summed E-state index contributed by atoms with van der Waals surface area (Å²) in [6.45, 7) is 5.19. The molecule has 1 aliphatic heterocycles. The van der Waals surface area contributed by atoms with E-state index in [4.69, 9.17) is 0 Å². The maximum absolute atomic E-state index is 12.8. The molecule has 2 fully saturated rings. The summed E-state index contributed by atoms with van der Waals surface area (Å²) < 4.78 is 0. The molecule has 4 heteroatoms. The van der Waals surface area contributed by atoms with Crippen LogP contribution < -0.4 is 5.32 Å². The molecule has 1 saturated heterocycles. The van der Waals surface area contributed by atoms with Gasteiger partial charge in [-0.1, -0.05) is 44.2 Å². The molecule has 2 amide bonds. The van der Waals surface area contributed by atoms with Gasteiger partial charge in [-0.05, 0) is 37.2 Å². The number of amides is 2. The van der Waals surface area contributed by atoms with Gasteiger partial charge in [-0.3, -0.25) is 9.59 Å². The Kier molecular flexibility index (Phi) is 5.22. The van der Waals surface area contributed by atoms with Gasteiger partial charge in [-0.25, -0.2) is 0 Å². The average Bonchev–Trinajstić information content (AvgIpc) is 3.44. The third-order valence-corrected chi connectivity index (χ3v) is 5.15. The molecular weight excluding hydrogens is 300 g/mol. The van der Waals surface area contributed by atoms with Crippen LogP contribution in [0.2, 0.25) is 0 Å². The van der Waals surface area contributed by atoms with Gasteiger partial charge in [0.15, 0.2) is 0 Å². The molecule has 0 radical (unpaired) electrons. The van der Waals surface area contributed by atoms with E-state index in [2.05, 4.69) is 17.4 Å². The highest BCUT2D eigenvalue weighted by molar-refractivity contribution is 5.82. The van der Waals surface area contributed by atoms with Gasteiger partial charge in [0.05, 0.1) is 12.0 Å². The summed E-state index contributed by atoms with van der Waals surface area (Å²) in [4.78, 5) is 26.9. The van der Waals surface area contributed by atoms with Crippen molar-refractivity contribution in [3.05, 3.63) is 35.9 Å². The van der Waals surface area contributed by atoms with Crippen molar-refractivity contribution in [3.63, 3.8) is 0 Å². The van der Waals surface area contributed by atoms with Gasteiger partial charge in [0.2, 0.25) is 11.8 Å². The lowest BCUT2D eigenvalue weighted by Gasteiger charge is -2.34. The van der Waals surface area contributed by atoms with Crippen LogP contribution >= 0.6 is 0 Å². The molecule has 130 valence electrons. The third-order valence-electron chi connectivity index (χ3n) is 5.15. The van der Waals surface area contributed by atoms with Gasteiger partial charge in [0.25, 0.3) is 0 Å². The van der Waals surface area contributed by atoms with Crippen LogP contribution in [-0.2, 0) is 9.59 Å². The summed E-state index contributed by atoms with van der Waals surface area (Å²) in [5.74, 6) is 0.751. The van der Waals surface area contributed by atoms with E-state index >= 15 is 0 Å². The van der Waals surface area contributed by atoms with Crippen LogP contribution in [0.1, 0.15) is 51.1 Å². The number of piperidine rings is 1. The predicted molar refractivity (Wildman–Crippen MR) is 94.2 cm³/mol. The Bertz CT molecular complexity index is 581. The highest BCUT2D eigenvalue weighted by atomic mass is 16.2. The van der Waals surface area contributed by atoms with Gasteiger partial charge < -0.3 is 10.2 Å². The van der Waals surface area contributed by atoms with Crippen molar-refractivity contribution in [3.8, 4) is 0 Å². The van der Waals surface area contributed by atoms with Crippen LogP contribution in [0.3, 0.4) is 0 Å². The van der Waals surface area contributed by atoms with Crippen molar-refractivity contribution in [1.82, 2.24) is 10.2 Å². The SMILES string of the molecule is CC(C)C(=O)N1CCC[C@H](C(=O)N[C@@H](c2ccccc2)C2CC2)C1. The molecule has 1 heterocycles. The summed E-state index contributed by atoms with van der Waals surface area (Å²) in [5, 5.41) is 3.28. The number of rotatable bonds is 5. The van der Waals surface area contributed by atoms with E-state index in [1.807, 2.05) is 36.9 Å². The van der Waals surface area contributed by atoms with Crippen molar-refractivity contribution in [1.29, 1.82) is 0 Å². The lowest BCUT2D eigenvalue weighted by molar-refractivity contribution is -0.138. The van der Waals surface area contributed by atoms with E-state index in [1.165, 1.54) is 18.4 Å². The second-order valence-corrected chi connectivity index (χ2v) is 7.51. The van der Waals surface area contributed by atoms with Gasteiger partial charge >= 0.3 is 0 Å². The van der Waals surface area contributed by atoms with Crippen LogP contribution in [0, 0.1) is 17.8 Å². The first kappa shape index (κ1) is 17.0. The Morgan fingerprint density at radius 3 is 2.46 bits per heavy atom.